The first-order valence-electron chi connectivity index (χ1n) is 10.4. The molecule has 3 heterocycles. The van der Waals surface area contributed by atoms with E-state index in [-0.39, 0.29) is 11.0 Å². The number of pyridine rings is 1. The fourth-order valence-corrected chi connectivity index (χ4v) is 3.52. The van der Waals surface area contributed by atoms with Gasteiger partial charge in [0, 0.05) is 35.3 Å². The number of oxazole rings is 1. The molecule has 2 aromatic carbocycles. The molecule has 5 rings (SSSR count). The van der Waals surface area contributed by atoms with E-state index in [2.05, 4.69) is 20.6 Å². The maximum absolute atomic E-state index is 12.3. The number of furan rings is 1. The molecule has 0 unspecified atom stereocenters. The number of hydrogen-bond acceptors (Lipinski definition) is 6. The molecule has 0 bridgehead atoms. The van der Waals surface area contributed by atoms with E-state index in [1.165, 1.54) is 6.08 Å². The van der Waals surface area contributed by atoms with Crippen LogP contribution in [0.25, 0.3) is 40.0 Å². The average Bonchev–Trinajstić information content (AvgIpc) is 3.51. The summed E-state index contributed by atoms with van der Waals surface area (Å²) in [6, 6.07) is 22.4. The summed E-state index contributed by atoms with van der Waals surface area (Å²) in [4.78, 5) is 20.8. The van der Waals surface area contributed by atoms with E-state index in [9.17, 15) is 4.79 Å². The molecule has 0 saturated carbocycles. The smallest absolute Gasteiger partial charge is 0.250 e. The lowest BCUT2D eigenvalue weighted by atomic mass is 10.2. The van der Waals surface area contributed by atoms with Crippen molar-refractivity contribution in [3.05, 3.63) is 97.0 Å². The van der Waals surface area contributed by atoms with Gasteiger partial charge in [-0.3, -0.25) is 15.1 Å². The number of amides is 1. The molecule has 0 aliphatic heterocycles. The van der Waals surface area contributed by atoms with E-state index >= 15 is 0 Å². The van der Waals surface area contributed by atoms with Gasteiger partial charge < -0.3 is 14.2 Å². The van der Waals surface area contributed by atoms with Crippen molar-refractivity contribution in [2.45, 2.75) is 0 Å². The number of anilines is 1. The third-order valence-electron chi connectivity index (χ3n) is 4.89. The van der Waals surface area contributed by atoms with E-state index in [1.807, 2.05) is 48.5 Å². The molecule has 0 aliphatic carbocycles. The van der Waals surface area contributed by atoms with Crippen LogP contribution in [0, 0.1) is 0 Å². The molecule has 34 heavy (non-hydrogen) atoms. The minimum atomic E-state index is -0.377. The first kappa shape index (κ1) is 21.3. The van der Waals surface area contributed by atoms with E-state index in [4.69, 9.17) is 21.1 Å². The Labute approximate surface area is 200 Å². The van der Waals surface area contributed by atoms with Crippen LogP contribution in [0.4, 0.5) is 5.69 Å². The summed E-state index contributed by atoms with van der Waals surface area (Å²) in [7, 11) is 0. The van der Waals surface area contributed by atoms with Crippen molar-refractivity contribution in [2.24, 2.45) is 0 Å². The molecule has 3 aromatic heterocycles. The van der Waals surface area contributed by atoms with Crippen LogP contribution in [0.5, 0.6) is 0 Å². The Morgan fingerprint density at radius 3 is 2.56 bits per heavy atom. The second kappa shape index (κ2) is 9.51. The van der Waals surface area contributed by atoms with E-state index in [0.29, 0.717) is 28.4 Å². The van der Waals surface area contributed by atoms with E-state index in [0.717, 1.165) is 16.9 Å². The lowest BCUT2D eigenvalue weighted by Gasteiger charge is -2.07. The number of aromatic nitrogens is 2. The highest BCUT2D eigenvalue weighted by Gasteiger charge is 2.10. The van der Waals surface area contributed by atoms with Crippen molar-refractivity contribution < 1.29 is 13.6 Å². The molecule has 8 heteroatoms. The summed E-state index contributed by atoms with van der Waals surface area (Å²) in [6.45, 7) is 0. The minimum Gasteiger partial charge on any atom is -0.457 e. The fraction of sp³-hybridized carbons (Fsp3) is 0. The van der Waals surface area contributed by atoms with Crippen LogP contribution in [0.15, 0.2) is 100 Å². The van der Waals surface area contributed by atoms with E-state index < -0.39 is 0 Å². The van der Waals surface area contributed by atoms with Crippen molar-refractivity contribution in [3.8, 4) is 22.8 Å². The number of fused-ring (bicyclic) bond motifs is 1. The maximum atomic E-state index is 12.3. The molecule has 7 nitrogen and oxygen atoms in total. The monoisotopic (exact) mass is 466 g/mol. The van der Waals surface area contributed by atoms with Gasteiger partial charge in [-0.15, -0.1) is 0 Å². The summed E-state index contributed by atoms with van der Waals surface area (Å²) in [5, 5.41) is 5.77. The minimum absolute atomic E-state index is 0.163. The lowest BCUT2D eigenvalue weighted by Crippen LogP contribution is -2.32. The highest BCUT2D eigenvalue weighted by Crippen LogP contribution is 2.26. The number of carbonyl (C=O) groups excluding carboxylic acids is 1. The molecule has 0 saturated heterocycles. The fourth-order valence-electron chi connectivity index (χ4n) is 3.30. The molecule has 0 aliphatic rings. The quantitative estimate of drug-likeness (QED) is 0.254. The zero-order valence-corrected chi connectivity index (χ0v) is 18.6. The molecule has 1 amide bonds. The molecular weight excluding hydrogens is 448 g/mol. The number of carbonyl (C=O) groups is 1. The normalized spacial score (nSPS) is 11.1. The Bertz CT molecular complexity index is 1490. The number of hydrogen-bond donors (Lipinski definition) is 2. The predicted molar refractivity (Wildman–Crippen MR) is 135 cm³/mol. The van der Waals surface area contributed by atoms with Crippen LogP contribution in [0.3, 0.4) is 0 Å². The largest absolute Gasteiger partial charge is 0.457 e. The number of nitrogens with one attached hydrogen (secondary N) is 2. The first-order chi connectivity index (χ1) is 16.6. The molecular formula is C26H18N4O3S. The first-order valence-corrected chi connectivity index (χ1v) is 10.8. The number of benzene rings is 2. The number of nitrogens with zero attached hydrogens (tertiary/aromatic N) is 2. The average molecular weight is 467 g/mol. The Morgan fingerprint density at radius 2 is 1.74 bits per heavy atom. The van der Waals surface area contributed by atoms with Gasteiger partial charge in [0.1, 0.15) is 17.0 Å². The SMILES string of the molecule is O=C(/C=C/c1ccc(-c2ccccc2)o1)NC(=S)Nc1ccc2oc(-c3ccncc3)nc2c1. The van der Waals surface area contributed by atoms with Gasteiger partial charge in [0.05, 0.1) is 0 Å². The van der Waals surface area contributed by atoms with Crippen molar-refractivity contribution in [2.75, 3.05) is 5.32 Å². The summed E-state index contributed by atoms with van der Waals surface area (Å²) < 4.78 is 11.6. The van der Waals surface area contributed by atoms with Gasteiger partial charge in [0.2, 0.25) is 11.8 Å². The van der Waals surface area contributed by atoms with E-state index in [1.54, 1.807) is 42.7 Å². The van der Waals surface area contributed by atoms with Crippen molar-refractivity contribution in [1.29, 1.82) is 0 Å². The van der Waals surface area contributed by atoms with Gasteiger partial charge >= 0.3 is 0 Å². The zero-order chi connectivity index (χ0) is 23.3. The Morgan fingerprint density at radius 1 is 0.912 bits per heavy atom. The zero-order valence-electron chi connectivity index (χ0n) is 17.8. The third kappa shape index (κ3) is 4.92. The molecule has 5 aromatic rings. The number of thiocarbonyl (C=S) groups is 1. The van der Waals surface area contributed by atoms with Crippen molar-refractivity contribution in [3.63, 3.8) is 0 Å². The highest BCUT2D eigenvalue weighted by molar-refractivity contribution is 7.80. The van der Waals surface area contributed by atoms with Crippen molar-refractivity contribution >= 4 is 46.1 Å². The van der Waals surface area contributed by atoms with Crippen LogP contribution in [-0.2, 0) is 4.79 Å². The highest BCUT2D eigenvalue weighted by atomic mass is 32.1. The summed E-state index contributed by atoms with van der Waals surface area (Å²) in [6.07, 6.45) is 6.32. The Balaban J connectivity index is 1.20. The second-order valence-electron chi connectivity index (χ2n) is 7.28. The number of rotatable bonds is 5. The van der Waals surface area contributed by atoms with Gasteiger partial charge in [-0.05, 0) is 60.8 Å². The van der Waals surface area contributed by atoms with Gasteiger partial charge in [-0.1, -0.05) is 30.3 Å². The van der Waals surface area contributed by atoms with Gasteiger partial charge in [-0.25, -0.2) is 4.98 Å². The molecule has 166 valence electrons. The summed E-state index contributed by atoms with van der Waals surface area (Å²) in [5.41, 5.74) is 3.79. The molecule has 0 spiro atoms. The lowest BCUT2D eigenvalue weighted by molar-refractivity contribution is -0.115. The van der Waals surface area contributed by atoms with Crippen molar-refractivity contribution in [1.82, 2.24) is 15.3 Å². The van der Waals surface area contributed by atoms with Gasteiger partial charge in [-0.2, -0.15) is 0 Å². The second-order valence-corrected chi connectivity index (χ2v) is 7.69. The standard InChI is InChI=1S/C26H18N4O3S/c31-24(11-8-20-7-10-22(32-20)17-4-2-1-3-5-17)30-26(34)28-19-6-9-23-21(16-19)29-25(33-23)18-12-14-27-15-13-18/h1-16H,(H2,28,30,31,34)/b11-8+. The van der Waals surface area contributed by atoms with Crippen LogP contribution >= 0.6 is 12.2 Å². The topological polar surface area (TPSA) is 93.2 Å². The molecule has 2 N–H and O–H groups in total. The Kier molecular flexibility index (Phi) is 5.96. The van der Waals surface area contributed by atoms with Gasteiger partial charge in [0.15, 0.2) is 10.7 Å². The molecule has 0 fully saturated rings. The van der Waals surface area contributed by atoms with Crippen LogP contribution in [0.1, 0.15) is 5.76 Å². The molecule has 0 atom stereocenters. The maximum Gasteiger partial charge on any atom is 0.250 e. The summed E-state index contributed by atoms with van der Waals surface area (Å²) >= 11 is 5.26. The van der Waals surface area contributed by atoms with Crippen LogP contribution in [0.2, 0.25) is 0 Å². The van der Waals surface area contributed by atoms with Crippen LogP contribution < -0.4 is 10.6 Å². The van der Waals surface area contributed by atoms with Gasteiger partial charge in [0.25, 0.3) is 0 Å². The summed E-state index contributed by atoms with van der Waals surface area (Å²) in [5.74, 6) is 1.42. The molecule has 0 radical (unpaired) electrons. The predicted octanol–water partition coefficient (Wildman–Crippen LogP) is 5.68. The third-order valence-corrected chi connectivity index (χ3v) is 5.10. The van der Waals surface area contributed by atoms with Crippen LogP contribution in [-0.4, -0.2) is 21.0 Å². The Hall–Kier alpha value is -4.56.